The Morgan fingerprint density at radius 2 is 1.65 bits per heavy atom. The van der Waals surface area contributed by atoms with Crippen LogP contribution < -0.4 is 0 Å². The molecule has 3 heteroatoms. The van der Waals surface area contributed by atoms with Gasteiger partial charge in [-0.1, -0.05) is 48.8 Å². The maximum absolute atomic E-state index is 6.02. The summed E-state index contributed by atoms with van der Waals surface area (Å²) in [6, 6.07) is 8.18. The highest BCUT2D eigenvalue weighted by atomic mass is 79.9. The third-order valence-corrected chi connectivity index (χ3v) is 3.67. The number of ether oxygens (including phenoxy) is 2. The molecular formula is C14H19BrO2. The molecule has 0 bridgehead atoms. The Morgan fingerprint density at radius 1 is 1.12 bits per heavy atom. The molecule has 1 aromatic rings. The first-order chi connectivity index (χ1) is 7.97. The Labute approximate surface area is 111 Å². The summed E-state index contributed by atoms with van der Waals surface area (Å²) in [6.07, 6.45) is 0.824. The Bertz CT molecular complexity index is 374. The lowest BCUT2D eigenvalue weighted by molar-refractivity contribution is -0.309. The predicted octanol–water partition coefficient (Wildman–Crippen LogP) is 4.08. The Hall–Kier alpha value is -0.380. The summed E-state index contributed by atoms with van der Waals surface area (Å²) in [5, 5.41) is 0. The average molecular weight is 299 g/mol. The maximum atomic E-state index is 6.02. The van der Waals surface area contributed by atoms with Crippen LogP contribution in [-0.4, -0.2) is 13.2 Å². The molecule has 1 aliphatic heterocycles. The van der Waals surface area contributed by atoms with Crippen molar-refractivity contribution >= 4 is 15.9 Å². The Kier molecular flexibility index (Phi) is 3.62. The van der Waals surface area contributed by atoms with Crippen LogP contribution in [0.5, 0.6) is 0 Å². The Morgan fingerprint density at radius 3 is 2.12 bits per heavy atom. The van der Waals surface area contributed by atoms with Gasteiger partial charge in [0.2, 0.25) is 0 Å². The van der Waals surface area contributed by atoms with E-state index < -0.39 is 5.79 Å². The first kappa shape index (κ1) is 13.1. The van der Waals surface area contributed by atoms with Gasteiger partial charge in [-0.3, -0.25) is 0 Å². The van der Waals surface area contributed by atoms with E-state index in [0.717, 1.165) is 29.7 Å². The zero-order valence-corrected chi connectivity index (χ0v) is 12.2. The minimum absolute atomic E-state index is 0.105. The summed E-state index contributed by atoms with van der Waals surface area (Å²) in [6.45, 7) is 7.89. The fraction of sp³-hybridized carbons (Fsp3) is 0.571. The number of rotatable bonds is 2. The second kappa shape index (κ2) is 4.71. The van der Waals surface area contributed by atoms with Gasteiger partial charge in [0.15, 0.2) is 5.79 Å². The molecule has 2 nitrogen and oxygen atoms in total. The molecule has 0 saturated carbocycles. The summed E-state index contributed by atoms with van der Waals surface area (Å²) in [5.41, 5.74) is 1.20. The van der Waals surface area contributed by atoms with Crippen LogP contribution in [0.25, 0.3) is 0 Å². The van der Waals surface area contributed by atoms with Crippen LogP contribution in [0.3, 0.4) is 0 Å². The van der Waals surface area contributed by atoms with Crippen LogP contribution in [0.2, 0.25) is 0 Å². The number of halogens is 1. The van der Waals surface area contributed by atoms with Crippen LogP contribution in [0.15, 0.2) is 28.7 Å². The minimum atomic E-state index is -0.559. The SMILES string of the molecule is CCC1(c2ccc(Br)cc2)OCC(C)(C)CO1. The molecule has 1 heterocycles. The first-order valence-corrected chi connectivity index (χ1v) is 6.81. The van der Waals surface area contributed by atoms with E-state index in [-0.39, 0.29) is 5.41 Å². The lowest BCUT2D eigenvalue weighted by Gasteiger charge is -2.43. The normalized spacial score (nSPS) is 22.4. The van der Waals surface area contributed by atoms with E-state index in [1.807, 2.05) is 12.1 Å². The molecule has 1 saturated heterocycles. The molecule has 0 aliphatic carbocycles. The van der Waals surface area contributed by atoms with Crippen molar-refractivity contribution in [2.24, 2.45) is 5.41 Å². The summed E-state index contributed by atoms with van der Waals surface area (Å²) >= 11 is 3.45. The van der Waals surface area contributed by atoms with Crippen molar-refractivity contribution in [1.29, 1.82) is 0 Å². The summed E-state index contributed by atoms with van der Waals surface area (Å²) < 4.78 is 13.1. The van der Waals surface area contributed by atoms with E-state index >= 15 is 0 Å². The maximum Gasteiger partial charge on any atom is 0.194 e. The van der Waals surface area contributed by atoms with E-state index in [0.29, 0.717) is 0 Å². The smallest absolute Gasteiger partial charge is 0.194 e. The van der Waals surface area contributed by atoms with Gasteiger partial charge in [0.1, 0.15) is 0 Å². The summed E-state index contributed by atoms with van der Waals surface area (Å²) in [7, 11) is 0. The van der Waals surface area contributed by atoms with E-state index in [9.17, 15) is 0 Å². The van der Waals surface area contributed by atoms with Crippen molar-refractivity contribution in [1.82, 2.24) is 0 Å². The zero-order valence-electron chi connectivity index (χ0n) is 10.6. The van der Waals surface area contributed by atoms with Crippen molar-refractivity contribution in [3.8, 4) is 0 Å². The molecule has 94 valence electrons. The molecule has 0 amide bonds. The monoisotopic (exact) mass is 298 g/mol. The van der Waals surface area contributed by atoms with Gasteiger partial charge in [-0.15, -0.1) is 0 Å². The fourth-order valence-corrected chi connectivity index (χ4v) is 2.25. The third-order valence-electron chi connectivity index (χ3n) is 3.14. The van der Waals surface area contributed by atoms with Crippen LogP contribution in [0, 0.1) is 5.41 Å². The molecule has 1 aliphatic rings. The molecular weight excluding hydrogens is 280 g/mol. The van der Waals surface area contributed by atoms with Crippen molar-refractivity contribution in [3.63, 3.8) is 0 Å². The molecule has 17 heavy (non-hydrogen) atoms. The van der Waals surface area contributed by atoms with Gasteiger partial charge in [0.25, 0.3) is 0 Å². The number of hydrogen-bond donors (Lipinski definition) is 0. The molecule has 0 atom stereocenters. The van der Waals surface area contributed by atoms with Crippen LogP contribution in [-0.2, 0) is 15.3 Å². The highest BCUT2D eigenvalue weighted by Gasteiger charge is 2.40. The van der Waals surface area contributed by atoms with Crippen LogP contribution in [0.4, 0.5) is 0 Å². The summed E-state index contributed by atoms with van der Waals surface area (Å²) in [5.74, 6) is -0.559. The molecule has 0 unspecified atom stereocenters. The van der Waals surface area contributed by atoms with Gasteiger partial charge in [-0.05, 0) is 12.1 Å². The van der Waals surface area contributed by atoms with Gasteiger partial charge < -0.3 is 9.47 Å². The van der Waals surface area contributed by atoms with Crippen molar-refractivity contribution in [2.75, 3.05) is 13.2 Å². The van der Waals surface area contributed by atoms with E-state index in [4.69, 9.17) is 9.47 Å². The van der Waals surface area contributed by atoms with Crippen molar-refractivity contribution < 1.29 is 9.47 Å². The quantitative estimate of drug-likeness (QED) is 0.819. The van der Waals surface area contributed by atoms with E-state index in [1.165, 1.54) is 0 Å². The topological polar surface area (TPSA) is 18.5 Å². The average Bonchev–Trinajstić information content (AvgIpc) is 2.31. The van der Waals surface area contributed by atoms with E-state index in [1.54, 1.807) is 0 Å². The molecule has 0 radical (unpaired) electrons. The van der Waals surface area contributed by atoms with Crippen LogP contribution >= 0.6 is 15.9 Å². The second-order valence-corrected chi connectivity index (χ2v) is 6.27. The van der Waals surface area contributed by atoms with E-state index in [2.05, 4.69) is 48.8 Å². The van der Waals surface area contributed by atoms with Crippen LogP contribution in [0.1, 0.15) is 32.8 Å². The van der Waals surface area contributed by atoms with Gasteiger partial charge in [0, 0.05) is 21.9 Å². The van der Waals surface area contributed by atoms with Gasteiger partial charge in [0.05, 0.1) is 13.2 Å². The molecule has 0 N–H and O–H groups in total. The third kappa shape index (κ3) is 2.72. The lowest BCUT2D eigenvalue weighted by atomic mass is 9.92. The zero-order chi connectivity index (χ0) is 12.5. The number of hydrogen-bond acceptors (Lipinski definition) is 2. The summed E-state index contributed by atoms with van der Waals surface area (Å²) in [4.78, 5) is 0. The highest BCUT2D eigenvalue weighted by molar-refractivity contribution is 9.10. The highest BCUT2D eigenvalue weighted by Crippen LogP contribution is 2.39. The Balaban J connectivity index is 2.24. The minimum Gasteiger partial charge on any atom is -0.345 e. The van der Waals surface area contributed by atoms with Gasteiger partial charge >= 0.3 is 0 Å². The molecule has 0 aromatic heterocycles. The predicted molar refractivity (Wildman–Crippen MR) is 71.8 cm³/mol. The first-order valence-electron chi connectivity index (χ1n) is 6.01. The van der Waals surface area contributed by atoms with Gasteiger partial charge in [-0.2, -0.15) is 0 Å². The lowest BCUT2D eigenvalue weighted by Crippen LogP contribution is -2.45. The van der Waals surface area contributed by atoms with Gasteiger partial charge in [-0.25, -0.2) is 0 Å². The molecule has 0 spiro atoms. The second-order valence-electron chi connectivity index (χ2n) is 5.35. The van der Waals surface area contributed by atoms with Crippen molar-refractivity contribution in [3.05, 3.63) is 34.3 Å². The molecule has 1 aromatic carbocycles. The fourth-order valence-electron chi connectivity index (χ4n) is 1.99. The molecule has 2 rings (SSSR count). The standard InChI is InChI=1S/C14H19BrO2/c1-4-14(11-5-7-12(15)8-6-11)16-9-13(2,3)10-17-14/h5-8H,4,9-10H2,1-3H3. The van der Waals surface area contributed by atoms with Crippen molar-refractivity contribution in [2.45, 2.75) is 33.0 Å². The number of benzene rings is 1. The molecule has 1 fully saturated rings. The largest absolute Gasteiger partial charge is 0.345 e.